The Morgan fingerprint density at radius 3 is 2.75 bits per heavy atom. The highest BCUT2D eigenvalue weighted by Crippen LogP contribution is 2.28. The third-order valence-corrected chi connectivity index (χ3v) is 4.41. The fourth-order valence-corrected chi connectivity index (χ4v) is 2.90. The van der Waals surface area contributed by atoms with Crippen LogP contribution in [0.1, 0.15) is 26.7 Å². The average Bonchev–Trinajstić information content (AvgIpc) is 2.38. The van der Waals surface area contributed by atoms with Gasteiger partial charge in [0, 0.05) is 19.1 Å². The molecule has 0 aliphatic carbocycles. The molecule has 3 nitrogen and oxygen atoms in total. The van der Waals surface area contributed by atoms with Crippen LogP contribution in [0.2, 0.25) is 5.02 Å². The van der Waals surface area contributed by atoms with E-state index >= 15 is 0 Å². The van der Waals surface area contributed by atoms with Crippen LogP contribution in [0.25, 0.3) is 0 Å². The number of nitrogens with one attached hydrogen (secondary N) is 1. The number of hydrogen-bond acceptors (Lipinski definition) is 3. The van der Waals surface area contributed by atoms with Gasteiger partial charge in [0.2, 0.25) is 5.91 Å². The first-order valence-electron chi connectivity index (χ1n) is 6.85. The number of thioether (sulfide) groups is 1. The third kappa shape index (κ3) is 5.25. The molecule has 0 aliphatic rings. The predicted octanol–water partition coefficient (Wildman–Crippen LogP) is 4.27. The van der Waals surface area contributed by atoms with Gasteiger partial charge in [-0.15, -0.1) is 11.8 Å². The van der Waals surface area contributed by atoms with Crippen LogP contribution < -0.4 is 10.2 Å². The van der Waals surface area contributed by atoms with Gasteiger partial charge in [0.25, 0.3) is 0 Å². The van der Waals surface area contributed by atoms with Crippen molar-refractivity contribution in [2.75, 3.05) is 30.1 Å². The molecule has 112 valence electrons. The molecule has 0 aromatic heterocycles. The molecule has 0 saturated heterocycles. The van der Waals surface area contributed by atoms with Crippen molar-refractivity contribution < 1.29 is 4.79 Å². The van der Waals surface area contributed by atoms with Crippen LogP contribution in [0.3, 0.4) is 0 Å². The number of benzene rings is 1. The van der Waals surface area contributed by atoms with E-state index < -0.39 is 0 Å². The van der Waals surface area contributed by atoms with Gasteiger partial charge in [0.15, 0.2) is 0 Å². The SMILES string of the molecule is CCCCSC(C)C(=O)Nc1cc(Cl)ccc1N(C)C. The highest BCUT2D eigenvalue weighted by Gasteiger charge is 2.15. The Hall–Kier alpha value is -0.870. The number of anilines is 2. The summed E-state index contributed by atoms with van der Waals surface area (Å²) in [6.45, 7) is 4.09. The normalized spacial score (nSPS) is 12.1. The number of rotatable bonds is 7. The van der Waals surface area contributed by atoms with E-state index in [9.17, 15) is 4.79 Å². The zero-order chi connectivity index (χ0) is 15.1. The van der Waals surface area contributed by atoms with Crippen molar-refractivity contribution >= 4 is 40.6 Å². The number of amides is 1. The van der Waals surface area contributed by atoms with Crippen molar-refractivity contribution in [3.63, 3.8) is 0 Å². The molecule has 0 aliphatic heterocycles. The molecule has 0 bridgehead atoms. The average molecular weight is 315 g/mol. The fraction of sp³-hybridized carbons (Fsp3) is 0.533. The summed E-state index contributed by atoms with van der Waals surface area (Å²) in [6.07, 6.45) is 2.29. The number of carbonyl (C=O) groups excluding carboxylic acids is 1. The molecular weight excluding hydrogens is 292 g/mol. The summed E-state index contributed by atoms with van der Waals surface area (Å²) < 4.78 is 0. The van der Waals surface area contributed by atoms with Gasteiger partial charge in [-0.1, -0.05) is 24.9 Å². The Labute approximate surface area is 131 Å². The van der Waals surface area contributed by atoms with Crippen molar-refractivity contribution in [3.8, 4) is 0 Å². The first-order chi connectivity index (χ1) is 9.45. The van der Waals surface area contributed by atoms with Crippen LogP contribution >= 0.6 is 23.4 Å². The van der Waals surface area contributed by atoms with Gasteiger partial charge in [0.1, 0.15) is 0 Å². The van der Waals surface area contributed by atoms with E-state index in [0.29, 0.717) is 5.02 Å². The summed E-state index contributed by atoms with van der Waals surface area (Å²) >= 11 is 7.70. The molecule has 1 aromatic rings. The van der Waals surface area contributed by atoms with Gasteiger partial charge in [0.05, 0.1) is 16.6 Å². The van der Waals surface area contributed by atoms with E-state index in [1.54, 1.807) is 17.8 Å². The summed E-state index contributed by atoms with van der Waals surface area (Å²) in [6, 6.07) is 5.52. The maximum Gasteiger partial charge on any atom is 0.237 e. The standard InChI is InChI=1S/C15H23ClN2OS/c1-5-6-9-20-11(2)15(19)17-13-10-12(16)7-8-14(13)18(3)4/h7-8,10-11H,5-6,9H2,1-4H3,(H,17,19). The molecule has 1 rings (SSSR count). The van der Waals surface area contributed by atoms with Crippen LogP contribution in [0, 0.1) is 0 Å². The van der Waals surface area contributed by atoms with Gasteiger partial charge in [-0.2, -0.15) is 0 Å². The molecular formula is C15H23ClN2OS. The van der Waals surface area contributed by atoms with Crippen LogP contribution in [0.5, 0.6) is 0 Å². The summed E-state index contributed by atoms with van der Waals surface area (Å²) in [7, 11) is 3.89. The van der Waals surface area contributed by atoms with Crippen LogP contribution in [-0.4, -0.2) is 31.0 Å². The minimum Gasteiger partial charge on any atom is -0.376 e. The zero-order valence-corrected chi connectivity index (χ0v) is 14.1. The second-order valence-corrected chi connectivity index (χ2v) is 6.80. The molecule has 0 radical (unpaired) electrons. The van der Waals surface area contributed by atoms with Crippen molar-refractivity contribution in [1.29, 1.82) is 0 Å². The number of unbranched alkanes of at least 4 members (excludes halogenated alkanes) is 1. The molecule has 0 heterocycles. The van der Waals surface area contributed by atoms with Crippen LogP contribution in [0.15, 0.2) is 18.2 Å². The molecule has 0 fully saturated rings. The number of carbonyl (C=O) groups is 1. The zero-order valence-electron chi connectivity index (χ0n) is 12.6. The molecule has 0 saturated carbocycles. The summed E-state index contributed by atoms with van der Waals surface area (Å²) in [5.74, 6) is 1.04. The van der Waals surface area contributed by atoms with E-state index in [4.69, 9.17) is 11.6 Å². The van der Waals surface area contributed by atoms with Crippen LogP contribution in [0.4, 0.5) is 11.4 Å². The van der Waals surface area contributed by atoms with Crippen molar-refractivity contribution in [1.82, 2.24) is 0 Å². The van der Waals surface area contributed by atoms with Gasteiger partial charge in [-0.3, -0.25) is 4.79 Å². The molecule has 1 N–H and O–H groups in total. The smallest absolute Gasteiger partial charge is 0.237 e. The Kier molecular flexibility index (Phi) is 7.24. The molecule has 1 amide bonds. The Bertz CT molecular complexity index is 451. The quantitative estimate of drug-likeness (QED) is 0.763. The molecule has 1 aromatic carbocycles. The first-order valence-corrected chi connectivity index (χ1v) is 8.27. The molecule has 1 unspecified atom stereocenters. The second kappa shape index (κ2) is 8.42. The number of nitrogens with zero attached hydrogens (tertiary/aromatic N) is 1. The topological polar surface area (TPSA) is 32.3 Å². The highest BCUT2D eigenvalue weighted by molar-refractivity contribution is 8.00. The van der Waals surface area contributed by atoms with Crippen LogP contribution in [-0.2, 0) is 4.79 Å². The summed E-state index contributed by atoms with van der Waals surface area (Å²) in [5.41, 5.74) is 1.71. The Balaban J connectivity index is 2.71. The maximum absolute atomic E-state index is 12.2. The van der Waals surface area contributed by atoms with Crippen molar-refractivity contribution in [2.24, 2.45) is 0 Å². The predicted molar refractivity (Wildman–Crippen MR) is 91.2 cm³/mol. The van der Waals surface area contributed by atoms with Gasteiger partial charge in [-0.05, 0) is 37.3 Å². The fourth-order valence-electron chi connectivity index (χ4n) is 1.71. The van der Waals surface area contributed by atoms with E-state index in [0.717, 1.165) is 30.0 Å². The summed E-state index contributed by atoms with van der Waals surface area (Å²) in [5, 5.41) is 3.54. The van der Waals surface area contributed by atoms with E-state index in [-0.39, 0.29) is 11.2 Å². The lowest BCUT2D eigenvalue weighted by Gasteiger charge is -2.19. The molecule has 1 atom stereocenters. The lowest BCUT2D eigenvalue weighted by molar-refractivity contribution is -0.115. The number of hydrogen-bond donors (Lipinski definition) is 1. The monoisotopic (exact) mass is 314 g/mol. The molecule has 20 heavy (non-hydrogen) atoms. The third-order valence-electron chi connectivity index (χ3n) is 2.93. The Morgan fingerprint density at radius 1 is 1.45 bits per heavy atom. The lowest BCUT2D eigenvalue weighted by atomic mass is 10.2. The highest BCUT2D eigenvalue weighted by atomic mass is 35.5. The van der Waals surface area contributed by atoms with E-state index in [1.807, 2.05) is 38.1 Å². The first kappa shape index (κ1) is 17.2. The minimum absolute atomic E-state index is 0.0245. The van der Waals surface area contributed by atoms with Crippen molar-refractivity contribution in [2.45, 2.75) is 31.9 Å². The second-order valence-electron chi connectivity index (χ2n) is 4.91. The van der Waals surface area contributed by atoms with Gasteiger partial charge < -0.3 is 10.2 Å². The number of halogens is 1. The lowest BCUT2D eigenvalue weighted by Crippen LogP contribution is -2.24. The Morgan fingerprint density at radius 2 is 2.15 bits per heavy atom. The minimum atomic E-state index is -0.0597. The molecule has 0 spiro atoms. The van der Waals surface area contributed by atoms with Gasteiger partial charge in [-0.25, -0.2) is 0 Å². The molecule has 5 heteroatoms. The van der Waals surface area contributed by atoms with Crippen molar-refractivity contribution in [3.05, 3.63) is 23.2 Å². The van der Waals surface area contributed by atoms with E-state index in [1.165, 1.54) is 0 Å². The largest absolute Gasteiger partial charge is 0.376 e. The summed E-state index contributed by atoms with van der Waals surface area (Å²) in [4.78, 5) is 14.2. The van der Waals surface area contributed by atoms with Gasteiger partial charge >= 0.3 is 0 Å². The maximum atomic E-state index is 12.2. The van der Waals surface area contributed by atoms with E-state index in [2.05, 4.69) is 12.2 Å².